The number of carbonyl (C=O) groups excluding carboxylic acids is 1. The monoisotopic (exact) mass is 340 g/mol. The summed E-state index contributed by atoms with van der Waals surface area (Å²) in [7, 11) is 1.86. The molecule has 0 unspecified atom stereocenters. The number of hydrogen-bond donors (Lipinski definition) is 0. The van der Waals surface area contributed by atoms with E-state index in [4.69, 9.17) is 16.3 Å². The molecular weight excluding hydrogens is 319 g/mol. The molecule has 1 atom stereocenters. The van der Waals surface area contributed by atoms with Crippen LogP contribution in [0.25, 0.3) is 0 Å². The Balaban J connectivity index is 1.66. The van der Waals surface area contributed by atoms with E-state index in [1.165, 1.54) is 6.07 Å². The van der Waals surface area contributed by atoms with E-state index < -0.39 is 0 Å². The van der Waals surface area contributed by atoms with Crippen LogP contribution in [-0.2, 0) is 16.1 Å². The highest BCUT2D eigenvalue weighted by Crippen LogP contribution is 2.26. The lowest BCUT2D eigenvalue weighted by Crippen LogP contribution is -2.45. The van der Waals surface area contributed by atoms with Crippen LogP contribution in [0.4, 0.5) is 4.39 Å². The zero-order chi connectivity index (χ0) is 16.4. The Kier molecular flexibility index (Phi) is 5.19. The lowest BCUT2D eigenvalue weighted by Gasteiger charge is -2.32. The van der Waals surface area contributed by atoms with Gasteiger partial charge < -0.3 is 9.64 Å². The van der Waals surface area contributed by atoms with E-state index in [-0.39, 0.29) is 23.8 Å². The molecule has 4 nitrogen and oxygen atoms in total. The standard InChI is InChI=1S/C17H22ClFN2O2/c1-20(11-13-14(18)3-2-4-15(13)19)16-5-8-21(17(16)22)12-6-9-23-10-7-12/h2-4,12,16H,5-11H2,1H3/t16-/m0/s1. The van der Waals surface area contributed by atoms with Gasteiger partial charge in [-0.1, -0.05) is 17.7 Å². The largest absolute Gasteiger partial charge is 0.381 e. The van der Waals surface area contributed by atoms with Crippen LogP contribution in [0.15, 0.2) is 18.2 Å². The fourth-order valence-corrected chi connectivity index (χ4v) is 3.72. The molecule has 0 radical (unpaired) electrons. The molecule has 6 heteroatoms. The number of ether oxygens (including phenoxy) is 1. The summed E-state index contributed by atoms with van der Waals surface area (Å²) in [6.45, 7) is 2.55. The molecule has 0 aliphatic carbocycles. The molecular formula is C17H22ClFN2O2. The third-order valence-corrected chi connectivity index (χ3v) is 5.20. The SMILES string of the molecule is CN(Cc1c(F)cccc1Cl)[C@H]1CCN(C2CCOCC2)C1=O. The van der Waals surface area contributed by atoms with Gasteiger partial charge in [0, 0.05) is 42.9 Å². The number of amides is 1. The van der Waals surface area contributed by atoms with Gasteiger partial charge in [-0.3, -0.25) is 9.69 Å². The fourth-order valence-electron chi connectivity index (χ4n) is 3.50. The maximum Gasteiger partial charge on any atom is 0.240 e. The van der Waals surface area contributed by atoms with Gasteiger partial charge in [0.15, 0.2) is 0 Å². The van der Waals surface area contributed by atoms with Crippen LogP contribution in [-0.4, -0.2) is 54.6 Å². The molecule has 2 saturated heterocycles. The van der Waals surface area contributed by atoms with Crippen LogP contribution in [0, 0.1) is 5.82 Å². The zero-order valence-electron chi connectivity index (χ0n) is 13.3. The topological polar surface area (TPSA) is 32.8 Å². The van der Waals surface area contributed by atoms with Crippen molar-refractivity contribution >= 4 is 17.5 Å². The van der Waals surface area contributed by atoms with Crippen molar-refractivity contribution in [3.05, 3.63) is 34.6 Å². The van der Waals surface area contributed by atoms with Gasteiger partial charge in [-0.25, -0.2) is 4.39 Å². The summed E-state index contributed by atoms with van der Waals surface area (Å²) in [5, 5.41) is 0.406. The van der Waals surface area contributed by atoms with E-state index in [2.05, 4.69) is 0 Å². The number of carbonyl (C=O) groups is 1. The Hall–Kier alpha value is -1.17. The van der Waals surface area contributed by atoms with Crippen molar-refractivity contribution in [3.8, 4) is 0 Å². The van der Waals surface area contributed by atoms with Crippen molar-refractivity contribution in [2.24, 2.45) is 0 Å². The minimum Gasteiger partial charge on any atom is -0.381 e. The Labute approximate surface area is 141 Å². The zero-order valence-corrected chi connectivity index (χ0v) is 14.1. The van der Waals surface area contributed by atoms with Gasteiger partial charge in [0.25, 0.3) is 0 Å². The van der Waals surface area contributed by atoms with Crippen LogP contribution >= 0.6 is 11.6 Å². The molecule has 0 bridgehead atoms. The molecule has 0 aromatic heterocycles. The van der Waals surface area contributed by atoms with Gasteiger partial charge in [0.1, 0.15) is 5.82 Å². The van der Waals surface area contributed by atoms with Crippen molar-refractivity contribution in [1.29, 1.82) is 0 Å². The predicted molar refractivity (Wildman–Crippen MR) is 86.8 cm³/mol. The van der Waals surface area contributed by atoms with Gasteiger partial charge in [-0.2, -0.15) is 0 Å². The average molecular weight is 341 g/mol. The maximum absolute atomic E-state index is 13.9. The van der Waals surface area contributed by atoms with Crippen molar-refractivity contribution < 1.29 is 13.9 Å². The normalized spacial score (nSPS) is 23.0. The van der Waals surface area contributed by atoms with Gasteiger partial charge in [0.05, 0.1) is 6.04 Å². The molecule has 23 heavy (non-hydrogen) atoms. The Bertz CT molecular complexity index is 557. The number of likely N-dealkylation sites (tertiary alicyclic amines) is 1. The Morgan fingerprint density at radius 3 is 2.78 bits per heavy atom. The number of rotatable bonds is 4. The molecule has 3 rings (SSSR count). The minimum absolute atomic E-state index is 0.145. The molecule has 2 aliphatic heterocycles. The first-order valence-corrected chi connectivity index (χ1v) is 8.47. The second-order valence-electron chi connectivity index (χ2n) is 6.29. The second kappa shape index (κ2) is 7.16. The van der Waals surface area contributed by atoms with Crippen LogP contribution in [0.1, 0.15) is 24.8 Å². The quantitative estimate of drug-likeness (QED) is 0.845. The molecule has 2 aliphatic rings. The number of halogens is 2. The van der Waals surface area contributed by atoms with Gasteiger partial charge in [-0.05, 0) is 38.4 Å². The van der Waals surface area contributed by atoms with Crippen molar-refractivity contribution in [1.82, 2.24) is 9.80 Å². The van der Waals surface area contributed by atoms with E-state index in [1.807, 2.05) is 16.8 Å². The molecule has 1 aromatic carbocycles. The Morgan fingerprint density at radius 1 is 1.35 bits per heavy atom. The number of hydrogen-bond acceptors (Lipinski definition) is 3. The molecule has 0 N–H and O–H groups in total. The van der Waals surface area contributed by atoms with Crippen molar-refractivity contribution in [3.63, 3.8) is 0 Å². The number of nitrogens with zero attached hydrogens (tertiary/aromatic N) is 2. The number of benzene rings is 1. The van der Waals surface area contributed by atoms with E-state index >= 15 is 0 Å². The van der Waals surface area contributed by atoms with Gasteiger partial charge in [0.2, 0.25) is 5.91 Å². The maximum atomic E-state index is 13.9. The van der Waals surface area contributed by atoms with Crippen LogP contribution in [0.2, 0.25) is 5.02 Å². The first-order valence-electron chi connectivity index (χ1n) is 8.09. The third-order valence-electron chi connectivity index (χ3n) is 4.84. The Morgan fingerprint density at radius 2 is 2.09 bits per heavy atom. The van der Waals surface area contributed by atoms with Crippen LogP contribution in [0.3, 0.4) is 0 Å². The van der Waals surface area contributed by atoms with E-state index in [0.29, 0.717) is 17.1 Å². The first-order chi connectivity index (χ1) is 11.1. The average Bonchev–Trinajstić information content (AvgIpc) is 2.93. The van der Waals surface area contributed by atoms with Crippen LogP contribution in [0.5, 0.6) is 0 Å². The van der Waals surface area contributed by atoms with E-state index in [1.54, 1.807) is 12.1 Å². The smallest absolute Gasteiger partial charge is 0.240 e. The van der Waals surface area contributed by atoms with Crippen molar-refractivity contribution in [2.75, 3.05) is 26.8 Å². The predicted octanol–water partition coefficient (Wildman–Crippen LogP) is 2.69. The molecule has 0 saturated carbocycles. The summed E-state index contributed by atoms with van der Waals surface area (Å²) in [5.74, 6) is -0.178. The fraction of sp³-hybridized carbons (Fsp3) is 0.588. The first kappa shape index (κ1) is 16.7. The summed E-state index contributed by atoms with van der Waals surface area (Å²) in [5.41, 5.74) is 0.453. The summed E-state index contributed by atoms with van der Waals surface area (Å²) in [6.07, 6.45) is 2.58. The summed E-state index contributed by atoms with van der Waals surface area (Å²) in [6, 6.07) is 4.76. The summed E-state index contributed by atoms with van der Waals surface area (Å²) in [4.78, 5) is 16.6. The highest BCUT2D eigenvalue weighted by atomic mass is 35.5. The summed E-state index contributed by atoms with van der Waals surface area (Å²) < 4.78 is 19.3. The molecule has 1 aromatic rings. The number of likely N-dealkylation sites (N-methyl/N-ethyl adjacent to an activating group) is 1. The molecule has 2 heterocycles. The third kappa shape index (κ3) is 3.52. The lowest BCUT2D eigenvalue weighted by molar-refractivity contribution is -0.135. The molecule has 1 amide bonds. The van der Waals surface area contributed by atoms with Gasteiger partial charge >= 0.3 is 0 Å². The van der Waals surface area contributed by atoms with E-state index in [0.717, 1.165) is 39.0 Å². The minimum atomic E-state index is -0.323. The summed E-state index contributed by atoms with van der Waals surface area (Å²) >= 11 is 6.09. The second-order valence-corrected chi connectivity index (χ2v) is 6.70. The highest BCUT2D eigenvalue weighted by Gasteiger charge is 2.38. The highest BCUT2D eigenvalue weighted by molar-refractivity contribution is 6.31. The van der Waals surface area contributed by atoms with Crippen LogP contribution < -0.4 is 0 Å². The lowest BCUT2D eigenvalue weighted by atomic mass is 10.1. The molecule has 2 fully saturated rings. The molecule has 0 spiro atoms. The molecule has 126 valence electrons. The van der Waals surface area contributed by atoms with E-state index in [9.17, 15) is 9.18 Å². The van der Waals surface area contributed by atoms with Gasteiger partial charge in [-0.15, -0.1) is 0 Å². The van der Waals surface area contributed by atoms with Crippen molar-refractivity contribution in [2.45, 2.75) is 37.9 Å².